The van der Waals surface area contributed by atoms with Crippen molar-refractivity contribution in [2.24, 2.45) is 11.8 Å². The normalized spacial score (nSPS) is 26.5. The first-order chi connectivity index (χ1) is 7.25. The Labute approximate surface area is 94.1 Å². The summed E-state index contributed by atoms with van der Waals surface area (Å²) in [7, 11) is 0. The van der Waals surface area contributed by atoms with Gasteiger partial charge < -0.3 is 0 Å². The summed E-state index contributed by atoms with van der Waals surface area (Å²) in [6.45, 7) is 2.29. The molecule has 1 aromatic heterocycles. The van der Waals surface area contributed by atoms with Gasteiger partial charge in [-0.3, -0.25) is 4.79 Å². The van der Waals surface area contributed by atoms with Crippen molar-refractivity contribution in [1.29, 1.82) is 0 Å². The molecule has 0 aromatic carbocycles. The summed E-state index contributed by atoms with van der Waals surface area (Å²) in [5, 5.41) is 5.56. The van der Waals surface area contributed by atoms with Gasteiger partial charge in [0, 0.05) is 11.8 Å². The van der Waals surface area contributed by atoms with Crippen molar-refractivity contribution in [2.45, 2.75) is 39.0 Å². The van der Waals surface area contributed by atoms with Gasteiger partial charge in [-0.25, -0.2) is 0 Å². The Hall–Kier alpha value is -0.770. The minimum atomic E-state index is 0.170. The van der Waals surface area contributed by atoms with Crippen molar-refractivity contribution in [2.75, 3.05) is 0 Å². The van der Waals surface area contributed by atoms with E-state index in [1.807, 2.05) is 0 Å². The molecule has 0 N–H and O–H groups in total. The molecule has 0 spiro atoms. The summed E-state index contributed by atoms with van der Waals surface area (Å²) in [5.41, 5.74) is 0.554. The van der Waals surface area contributed by atoms with E-state index in [2.05, 4.69) is 16.5 Å². The summed E-state index contributed by atoms with van der Waals surface area (Å²) in [6, 6.07) is 0. The molecule has 15 heavy (non-hydrogen) atoms. The number of carbonyl (C=O) groups excluding carboxylic acids is 1. The lowest BCUT2D eigenvalue weighted by atomic mass is 9.80. The molecule has 0 unspecified atom stereocenters. The van der Waals surface area contributed by atoms with E-state index in [0.29, 0.717) is 18.0 Å². The predicted molar refractivity (Wildman–Crippen MR) is 60.0 cm³/mol. The van der Waals surface area contributed by atoms with Gasteiger partial charge in [-0.15, -0.1) is 5.10 Å². The molecule has 0 saturated heterocycles. The minimum Gasteiger partial charge on any atom is -0.292 e. The molecule has 0 aliphatic heterocycles. The summed E-state index contributed by atoms with van der Waals surface area (Å²) in [6.07, 6.45) is 5.60. The van der Waals surface area contributed by atoms with Crippen LogP contribution in [0, 0.1) is 11.8 Å². The van der Waals surface area contributed by atoms with Crippen molar-refractivity contribution >= 4 is 17.3 Å². The third-order valence-corrected chi connectivity index (χ3v) is 3.76. The van der Waals surface area contributed by atoms with Gasteiger partial charge in [0.1, 0.15) is 5.69 Å². The molecule has 1 aromatic rings. The number of hydrogen-bond donors (Lipinski definition) is 0. The lowest BCUT2D eigenvalue weighted by Gasteiger charge is -2.25. The van der Waals surface area contributed by atoms with Crippen molar-refractivity contribution < 1.29 is 4.79 Å². The molecular weight excluding hydrogens is 208 g/mol. The van der Waals surface area contributed by atoms with Gasteiger partial charge in [-0.1, -0.05) is 24.3 Å². The Bertz CT molecular complexity index is 315. The number of ketones is 1. The molecule has 82 valence electrons. The van der Waals surface area contributed by atoms with Crippen LogP contribution in [0.15, 0.2) is 5.38 Å². The number of aromatic nitrogens is 2. The minimum absolute atomic E-state index is 0.170. The van der Waals surface area contributed by atoms with Gasteiger partial charge in [-0.2, -0.15) is 0 Å². The molecule has 1 aliphatic carbocycles. The zero-order valence-corrected chi connectivity index (χ0v) is 9.80. The number of rotatable bonds is 3. The second kappa shape index (κ2) is 4.84. The smallest absolute Gasteiger partial charge is 0.184 e. The van der Waals surface area contributed by atoms with Crippen molar-refractivity contribution in [3.63, 3.8) is 0 Å². The molecule has 0 amide bonds. The fourth-order valence-corrected chi connectivity index (χ4v) is 2.65. The SMILES string of the molecule is CC1CCC(CC(=O)c2csnn2)CC1. The Balaban J connectivity index is 1.85. The summed E-state index contributed by atoms with van der Waals surface area (Å²) >= 11 is 1.25. The van der Waals surface area contributed by atoms with Gasteiger partial charge in [0.2, 0.25) is 0 Å². The van der Waals surface area contributed by atoms with E-state index in [1.54, 1.807) is 5.38 Å². The van der Waals surface area contributed by atoms with Crippen LogP contribution in [0.2, 0.25) is 0 Å². The molecular formula is C11H16N2OS. The average molecular weight is 224 g/mol. The predicted octanol–water partition coefficient (Wildman–Crippen LogP) is 2.94. The lowest BCUT2D eigenvalue weighted by Crippen LogP contribution is -2.16. The van der Waals surface area contributed by atoms with Crippen LogP contribution in [0.4, 0.5) is 0 Å². The van der Waals surface area contributed by atoms with Crippen molar-refractivity contribution in [3.8, 4) is 0 Å². The number of carbonyl (C=O) groups is 1. The van der Waals surface area contributed by atoms with E-state index >= 15 is 0 Å². The fourth-order valence-electron chi connectivity index (χ4n) is 2.19. The average Bonchev–Trinajstić information content (AvgIpc) is 2.74. The van der Waals surface area contributed by atoms with Crippen molar-refractivity contribution in [1.82, 2.24) is 9.59 Å². The second-order valence-corrected chi connectivity index (χ2v) is 5.15. The van der Waals surface area contributed by atoms with Crippen LogP contribution in [-0.2, 0) is 0 Å². The molecule has 1 fully saturated rings. The fraction of sp³-hybridized carbons (Fsp3) is 0.727. The molecule has 2 rings (SSSR count). The first kappa shape index (κ1) is 10.7. The molecule has 4 heteroatoms. The highest BCUT2D eigenvalue weighted by Gasteiger charge is 2.22. The zero-order valence-electron chi connectivity index (χ0n) is 8.98. The van der Waals surface area contributed by atoms with Gasteiger partial charge >= 0.3 is 0 Å². The van der Waals surface area contributed by atoms with Crippen LogP contribution < -0.4 is 0 Å². The number of Topliss-reactive ketones (excluding diaryl/α,β-unsaturated/α-hetero) is 1. The van der Waals surface area contributed by atoms with Crippen LogP contribution in [-0.4, -0.2) is 15.4 Å². The maximum Gasteiger partial charge on any atom is 0.184 e. The highest BCUT2D eigenvalue weighted by atomic mass is 32.1. The molecule has 0 bridgehead atoms. The van der Waals surface area contributed by atoms with E-state index in [4.69, 9.17) is 0 Å². The van der Waals surface area contributed by atoms with E-state index in [1.165, 1.54) is 37.2 Å². The Morgan fingerprint density at radius 3 is 2.80 bits per heavy atom. The van der Waals surface area contributed by atoms with E-state index in [-0.39, 0.29) is 5.78 Å². The lowest BCUT2D eigenvalue weighted by molar-refractivity contribution is 0.0939. The maximum atomic E-state index is 11.8. The molecule has 1 saturated carbocycles. The van der Waals surface area contributed by atoms with E-state index in [0.717, 1.165) is 5.92 Å². The van der Waals surface area contributed by atoms with E-state index < -0.39 is 0 Å². The molecule has 0 atom stereocenters. The monoisotopic (exact) mass is 224 g/mol. The summed E-state index contributed by atoms with van der Waals surface area (Å²) in [4.78, 5) is 11.8. The Kier molecular flexibility index (Phi) is 3.46. The topological polar surface area (TPSA) is 42.9 Å². The van der Waals surface area contributed by atoms with Crippen LogP contribution in [0.5, 0.6) is 0 Å². The zero-order chi connectivity index (χ0) is 10.7. The highest BCUT2D eigenvalue weighted by Crippen LogP contribution is 2.30. The summed E-state index contributed by atoms with van der Waals surface area (Å²) in [5.74, 6) is 1.59. The third kappa shape index (κ3) is 2.84. The third-order valence-electron chi connectivity index (χ3n) is 3.26. The first-order valence-corrected chi connectivity index (χ1v) is 6.39. The van der Waals surface area contributed by atoms with E-state index in [9.17, 15) is 4.79 Å². The van der Waals surface area contributed by atoms with Gasteiger partial charge in [0.25, 0.3) is 0 Å². The summed E-state index contributed by atoms with van der Waals surface area (Å²) < 4.78 is 3.72. The number of hydrogen-bond acceptors (Lipinski definition) is 4. The van der Waals surface area contributed by atoms with Crippen molar-refractivity contribution in [3.05, 3.63) is 11.1 Å². The van der Waals surface area contributed by atoms with Crippen LogP contribution in [0.25, 0.3) is 0 Å². The molecule has 0 radical (unpaired) electrons. The first-order valence-electron chi connectivity index (χ1n) is 5.56. The second-order valence-electron chi connectivity index (χ2n) is 4.54. The molecule has 3 nitrogen and oxygen atoms in total. The van der Waals surface area contributed by atoms with Crippen LogP contribution in [0.3, 0.4) is 0 Å². The van der Waals surface area contributed by atoms with Gasteiger partial charge in [0.15, 0.2) is 5.78 Å². The van der Waals surface area contributed by atoms with Crippen LogP contribution >= 0.6 is 11.5 Å². The Morgan fingerprint density at radius 1 is 1.47 bits per heavy atom. The van der Waals surface area contributed by atoms with Gasteiger partial charge in [0.05, 0.1) is 0 Å². The standard InChI is InChI=1S/C11H16N2OS/c1-8-2-4-9(5-3-8)6-11(14)10-7-15-13-12-10/h7-9H,2-6H2,1H3. The largest absolute Gasteiger partial charge is 0.292 e. The Morgan fingerprint density at radius 2 is 2.20 bits per heavy atom. The van der Waals surface area contributed by atoms with Gasteiger partial charge in [-0.05, 0) is 36.2 Å². The number of nitrogens with zero attached hydrogens (tertiary/aromatic N) is 2. The maximum absolute atomic E-state index is 11.8. The quantitative estimate of drug-likeness (QED) is 0.741. The van der Waals surface area contributed by atoms with Crippen LogP contribution in [0.1, 0.15) is 49.5 Å². The molecule has 1 heterocycles. The highest BCUT2D eigenvalue weighted by molar-refractivity contribution is 7.03. The molecule has 1 aliphatic rings.